The van der Waals surface area contributed by atoms with Gasteiger partial charge in [0.1, 0.15) is 4.70 Å². The minimum Gasteiger partial charge on any atom is -0.351 e. The van der Waals surface area contributed by atoms with Gasteiger partial charge in [0, 0.05) is 12.2 Å². The highest BCUT2D eigenvalue weighted by Gasteiger charge is 2.14. The second-order valence-corrected chi connectivity index (χ2v) is 9.22. The molecule has 0 unspecified atom stereocenters. The fraction of sp³-hybridized carbons (Fsp3) is 0.143. The number of hydrogen-bond acceptors (Lipinski definition) is 6. The summed E-state index contributed by atoms with van der Waals surface area (Å²) in [6.07, 6.45) is 0. The Labute approximate surface area is 186 Å². The van der Waals surface area contributed by atoms with Gasteiger partial charge in [0.2, 0.25) is 5.91 Å². The van der Waals surface area contributed by atoms with E-state index in [0.29, 0.717) is 26.0 Å². The third-order valence-electron chi connectivity index (χ3n) is 4.39. The van der Waals surface area contributed by atoms with Crippen LogP contribution in [0, 0.1) is 10.9 Å². The number of amides is 1. The standard InChI is InChI=1S/C21H18N4O2S3/c1-13-7-9-15(10-8-13)25-18-17(30-21(25)28)19(27)24-20(23-18)29-12-16(26)22-11-14-5-3-2-4-6-14/h2-10H,11-12H2,1H3,(H,22,26)(H,23,24,27). The highest BCUT2D eigenvalue weighted by Crippen LogP contribution is 2.24. The number of nitrogens with one attached hydrogen (secondary N) is 2. The molecule has 2 aromatic heterocycles. The number of H-pyrrole nitrogens is 1. The van der Waals surface area contributed by atoms with Crippen molar-refractivity contribution in [1.29, 1.82) is 0 Å². The molecule has 4 rings (SSSR count). The van der Waals surface area contributed by atoms with Crippen molar-refractivity contribution in [3.63, 3.8) is 0 Å². The number of aryl methyl sites for hydroxylation is 1. The lowest BCUT2D eigenvalue weighted by Gasteiger charge is -2.07. The molecule has 0 aliphatic rings. The second-order valence-electron chi connectivity index (χ2n) is 6.61. The van der Waals surface area contributed by atoms with Crippen molar-refractivity contribution in [1.82, 2.24) is 19.9 Å². The molecule has 0 aliphatic heterocycles. The number of aromatic amines is 1. The summed E-state index contributed by atoms with van der Waals surface area (Å²) in [6, 6.07) is 17.6. The number of thiazole rings is 1. The zero-order valence-electron chi connectivity index (χ0n) is 16.0. The van der Waals surface area contributed by atoms with Gasteiger partial charge in [-0.2, -0.15) is 0 Å². The minimum atomic E-state index is -0.255. The molecule has 0 atom stereocenters. The Kier molecular flexibility index (Phi) is 6.12. The molecule has 2 N–H and O–H groups in total. The van der Waals surface area contributed by atoms with Crippen molar-refractivity contribution < 1.29 is 4.79 Å². The number of hydrogen-bond donors (Lipinski definition) is 2. The van der Waals surface area contributed by atoms with E-state index in [9.17, 15) is 9.59 Å². The van der Waals surface area contributed by atoms with Gasteiger partial charge in [-0.05, 0) is 36.8 Å². The van der Waals surface area contributed by atoms with Crippen LogP contribution in [0.25, 0.3) is 16.0 Å². The van der Waals surface area contributed by atoms with Gasteiger partial charge in [-0.1, -0.05) is 71.1 Å². The molecule has 1 amide bonds. The van der Waals surface area contributed by atoms with Gasteiger partial charge >= 0.3 is 0 Å². The average Bonchev–Trinajstić information content (AvgIpc) is 3.08. The summed E-state index contributed by atoms with van der Waals surface area (Å²) in [5, 5.41) is 3.25. The highest BCUT2D eigenvalue weighted by atomic mass is 32.2. The molecule has 152 valence electrons. The molecule has 0 saturated heterocycles. The van der Waals surface area contributed by atoms with Crippen molar-refractivity contribution in [2.45, 2.75) is 18.6 Å². The lowest BCUT2D eigenvalue weighted by atomic mass is 10.2. The third-order valence-corrected chi connectivity index (χ3v) is 6.62. The number of fused-ring (bicyclic) bond motifs is 1. The minimum absolute atomic E-state index is 0.132. The molecule has 0 spiro atoms. The first-order chi connectivity index (χ1) is 14.5. The molecule has 0 fully saturated rings. The normalized spacial score (nSPS) is 11.0. The fourth-order valence-corrected chi connectivity index (χ4v) is 4.82. The molecule has 0 radical (unpaired) electrons. The van der Waals surface area contributed by atoms with Crippen molar-refractivity contribution in [2.75, 3.05) is 5.75 Å². The molecular weight excluding hydrogens is 436 g/mol. The van der Waals surface area contributed by atoms with Crippen LogP contribution in [0.3, 0.4) is 0 Å². The van der Waals surface area contributed by atoms with E-state index in [2.05, 4.69) is 15.3 Å². The van der Waals surface area contributed by atoms with Gasteiger partial charge < -0.3 is 10.3 Å². The molecule has 6 nitrogen and oxygen atoms in total. The molecule has 9 heteroatoms. The number of thioether (sulfide) groups is 1. The molecule has 0 saturated carbocycles. The van der Waals surface area contributed by atoms with Crippen molar-refractivity contribution in [3.05, 3.63) is 80.0 Å². The molecule has 0 bridgehead atoms. The Morgan fingerprint density at radius 2 is 1.93 bits per heavy atom. The van der Waals surface area contributed by atoms with E-state index in [0.717, 1.165) is 16.8 Å². The molecular formula is C21H18N4O2S3. The zero-order chi connectivity index (χ0) is 21.1. The van der Waals surface area contributed by atoms with E-state index in [4.69, 9.17) is 12.2 Å². The first kappa shape index (κ1) is 20.5. The molecule has 4 aromatic rings. The van der Waals surface area contributed by atoms with Crippen LogP contribution in [0.5, 0.6) is 0 Å². The van der Waals surface area contributed by atoms with E-state index in [1.54, 1.807) is 4.57 Å². The highest BCUT2D eigenvalue weighted by molar-refractivity contribution is 7.99. The first-order valence-electron chi connectivity index (χ1n) is 9.17. The monoisotopic (exact) mass is 454 g/mol. The maximum Gasteiger partial charge on any atom is 0.271 e. The lowest BCUT2D eigenvalue weighted by Crippen LogP contribution is -2.24. The molecule has 30 heavy (non-hydrogen) atoms. The van der Waals surface area contributed by atoms with Crippen LogP contribution < -0.4 is 10.9 Å². The topological polar surface area (TPSA) is 79.8 Å². The SMILES string of the molecule is Cc1ccc(-n2c(=S)sc3c(=O)[nH]c(SCC(=O)NCc4ccccc4)nc32)cc1. The van der Waals surface area contributed by atoms with Gasteiger partial charge in [0.05, 0.1) is 5.75 Å². The maximum atomic E-state index is 12.5. The van der Waals surface area contributed by atoms with E-state index in [-0.39, 0.29) is 17.2 Å². The smallest absolute Gasteiger partial charge is 0.271 e. The summed E-state index contributed by atoms with van der Waals surface area (Å²) in [5.41, 5.74) is 3.26. The Morgan fingerprint density at radius 1 is 1.20 bits per heavy atom. The average molecular weight is 455 g/mol. The summed E-state index contributed by atoms with van der Waals surface area (Å²) in [4.78, 5) is 32.1. The summed E-state index contributed by atoms with van der Waals surface area (Å²) < 4.78 is 2.82. The largest absolute Gasteiger partial charge is 0.351 e. The van der Waals surface area contributed by atoms with Crippen LogP contribution in [-0.4, -0.2) is 26.2 Å². The summed E-state index contributed by atoms with van der Waals surface area (Å²) >= 11 is 7.89. The van der Waals surface area contributed by atoms with Gasteiger partial charge in [-0.25, -0.2) is 4.98 Å². The first-order valence-corrected chi connectivity index (χ1v) is 11.4. The van der Waals surface area contributed by atoms with Crippen LogP contribution in [0.15, 0.2) is 64.5 Å². The van der Waals surface area contributed by atoms with Gasteiger partial charge in [0.15, 0.2) is 14.8 Å². The molecule has 0 aliphatic carbocycles. The van der Waals surface area contributed by atoms with Crippen molar-refractivity contribution in [2.24, 2.45) is 0 Å². The number of rotatable bonds is 6. The van der Waals surface area contributed by atoms with Crippen LogP contribution in [0.4, 0.5) is 0 Å². The number of nitrogens with zero attached hydrogens (tertiary/aromatic N) is 2. The van der Waals surface area contributed by atoms with Gasteiger partial charge in [-0.3, -0.25) is 14.2 Å². The van der Waals surface area contributed by atoms with Gasteiger partial charge in [-0.15, -0.1) is 0 Å². The summed E-state index contributed by atoms with van der Waals surface area (Å²) in [7, 11) is 0. The molecule has 2 aromatic carbocycles. The van der Waals surface area contributed by atoms with Crippen LogP contribution in [0.1, 0.15) is 11.1 Å². The number of benzene rings is 2. The number of carbonyl (C=O) groups is 1. The summed E-state index contributed by atoms with van der Waals surface area (Å²) in [6.45, 7) is 2.47. The van der Waals surface area contributed by atoms with Crippen LogP contribution in [-0.2, 0) is 11.3 Å². The van der Waals surface area contributed by atoms with Crippen LogP contribution >= 0.6 is 35.3 Å². The fourth-order valence-electron chi connectivity index (χ4n) is 2.86. The van der Waals surface area contributed by atoms with Crippen molar-refractivity contribution in [3.8, 4) is 5.69 Å². The van der Waals surface area contributed by atoms with E-state index in [1.165, 1.54) is 23.1 Å². The van der Waals surface area contributed by atoms with Crippen molar-refractivity contribution >= 4 is 51.6 Å². The quantitative estimate of drug-likeness (QED) is 0.259. The number of aromatic nitrogens is 3. The second kappa shape index (κ2) is 8.95. The third kappa shape index (κ3) is 4.53. The lowest BCUT2D eigenvalue weighted by molar-refractivity contribution is -0.118. The zero-order valence-corrected chi connectivity index (χ0v) is 18.5. The van der Waals surface area contributed by atoms with E-state index >= 15 is 0 Å². The summed E-state index contributed by atoms with van der Waals surface area (Å²) in [5.74, 6) is 0.0173. The Balaban J connectivity index is 1.54. The Bertz CT molecular complexity index is 1310. The van der Waals surface area contributed by atoms with E-state index < -0.39 is 0 Å². The Morgan fingerprint density at radius 3 is 2.67 bits per heavy atom. The molecule has 2 heterocycles. The predicted octanol–water partition coefficient (Wildman–Crippen LogP) is 4.22. The predicted molar refractivity (Wildman–Crippen MR) is 124 cm³/mol. The Hall–Kier alpha value is -2.75. The number of carbonyl (C=O) groups excluding carboxylic acids is 1. The maximum absolute atomic E-state index is 12.5. The van der Waals surface area contributed by atoms with E-state index in [1.807, 2.05) is 61.5 Å². The van der Waals surface area contributed by atoms with Crippen LogP contribution in [0.2, 0.25) is 0 Å². The van der Waals surface area contributed by atoms with Gasteiger partial charge in [0.25, 0.3) is 5.56 Å².